The molecule has 0 spiro atoms. The first-order valence-electron chi connectivity index (χ1n) is 4.47. The van der Waals surface area contributed by atoms with Gasteiger partial charge < -0.3 is 10.2 Å². The number of hydrogen-bond acceptors (Lipinski definition) is 4. The Balaban J connectivity index is 3.60. The Kier molecular flexibility index (Phi) is 3.08. The van der Waals surface area contributed by atoms with Gasteiger partial charge in [0.1, 0.15) is 11.3 Å². The molecule has 16 heavy (non-hydrogen) atoms. The van der Waals surface area contributed by atoms with Crippen LogP contribution in [0.15, 0.2) is 12.1 Å². The molecule has 84 valence electrons. The van der Waals surface area contributed by atoms with Crippen LogP contribution in [0.5, 0.6) is 5.75 Å². The number of Topliss-reactive ketones (excluding diaryl/α,β-unsaturated/α-hetero) is 2. The number of phenols is 1. The van der Waals surface area contributed by atoms with Crippen LogP contribution in [0.4, 0.5) is 0 Å². The monoisotopic (exact) mass is 222 g/mol. The Morgan fingerprint density at radius 1 is 1.00 bits per heavy atom. The Morgan fingerprint density at radius 2 is 1.50 bits per heavy atom. The summed E-state index contributed by atoms with van der Waals surface area (Å²) in [5.74, 6) is -2.97. The molecule has 1 rings (SSSR count). The summed E-state index contributed by atoms with van der Waals surface area (Å²) in [6.07, 6.45) is 0. The summed E-state index contributed by atoms with van der Waals surface area (Å²) in [6, 6.07) is 2.32. The van der Waals surface area contributed by atoms with Crippen LogP contribution in [0.2, 0.25) is 0 Å². The molecule has 0 saturated heterocycles. The number of hydrogen-bond donors (Lipinski definition) is 2. The van der Waals surface area contributed by atoms with Crippen molar-refractivity contribution in [3.8, 4) is 5.75 Å². The van der Waals surface area contributed by atoms with Gasteiger partial charge in [-0.05, 0) is 26.0 Å². The van der Waals surface area contributed by atoms with Crippen molar-refractivity contribution in [3.63, 3.8) is 0 Å². The zero-order chi connectivity index (χ0) is 12.5. The molecule has 0 aliphatic heterocycles. The van der Waals surface area contributed by atoms with Crippen molar-refractivity contribution in [2.75, 3.05) is 0 Å². The molecule has 0 amide bonds. The lowest BCUT2D eigenvalue weighted by atomic mass is 9.97. The van der Waals surface area contributed by atoms with Crippen LogP contribution in [0, 0.1) is 0 Å². The Hall–Kier alpha value is -2.17. The van der Waals surface area contributed by atoms with Crippen molar-refractivity contribution >= 4 is 17.5 Å². The molecular weight excluding hydrogens is 212 g/mol. The molecule has 0 radical (unpaired) electrons. The maximum absolute atomic E-state index is 11.3. The molecule has 0 heterocycles. The van der Waals surface area contributed by atoms with E-state index in [0.717, 1.165) is 13.0 Å². The maximum Gasteiger partial charge on any atom is 0.339 e. The highest BCUT2D eigenvalue weighted by Gasteiger charge is 2.21. The van der Waals surface area contributed by atoms with Gasteiger partial charge in [0.2, 0.25) is 0 Å². The third-order valence-electron chi connectivity index (χ3n) is 2.14. The topological polar surface area (TPSA) is 91.7 Å². The predicted octanol–water partition coefficient (Wildman–Crippen LogP) is 1.50. The minimum atomic E-state index is -1.35. The van der Waals surface area contributed by atoms with Crippen LogP contribution in [-0.4, -0.2) is 27.7 Å². The van der Waals surface area contributed by atoms with Crippen LogP contribution >= 0.6 is 0 Å². The van der Waals surface area contributed by atoms with E-state index >= 15 is 0 Å². The first-order valence-corrected chi connectivity index (χ1v) is 4.47. The van der Waals surface area contributed by atoms with E-state index in [1.807, 2.05) is 0 Å². The van der Waals surface area contributed by atoms with E-state index in [1.165, 1.54) is 13.0 Å². The molecule has 2 N–H and O–H groups in total. The first kappa shape index (κ1) is 11.9. The molecule has 0 saturated carbocycles. The number of carboxylic acids is 1. The molecule has 5 nitrogen and oxygen atoms in total. The number of aromatic hydroxyl groups is 1. The number of benzene rings is 1. The quantitative estimate of drug-likeness (QED) is 0.756. The fraction of sp³-hybridized carbons (Fsp3) is 0.182. The van der Waals surface area contributed by atoms with Gasteiger partial charge in [-0.2, -0.15) is 0 Å². The summed E-state index contributed by atoms with van der Waals surface area (Å²) in [7, 11) is 0. The van der Waals surface area contributed by atoms with Gasteiger partial charge >= 0.3 is 5.97 Å². The average molecular weight is 222 g/mol. The van der Waals surface area contributed by atoms with Gasteiger partial charge in [-0.25, -0.2) is 4.79 Å². The van der Waals surface area contributed by atoms with Crippen molar-refractivity contribution < 1.29 is 24.6 Å². The smallest absolute Gasteiger partial charge is 0.339 e. The SMILES string of the molecule is CC(=O)c1ccc(C(=O)O)c(O)c1C(C)=O. The zero-order valence-electron chi connectivity index (χ0n) is 8.77. The van der Waals surface area contributed by atoms with E-state index in [4.69, 9.17) is 5.11 Å². The molecule has 5 heteroatoms. The molecule has 0 aliphatic carbocycles. The second-order valence-electron chi connectivity index (χ2n) is 3.30. The van der Waals surface area contributed by atoms with E-state index in [1.54, 1.807) is 0 Å². The lowest BCUT2D eigenvalue weighted by molar-refractivity contribution is 0.0693. The van der Waals surface area contributed by atoms with Crippen molar-refractivity contribution in [3.05, 3.63) is 28.8 Å². The number of carbonyl (C=O) groups excluding carboxylic acids is 2. The molecule has 1 aromatic carbocycles. The van der Waals surface area contributed by atoms with Crippen molar-refractivity contribution in [1.82, 2.24) is 0 Å². The van der Waals surface area contributed by atoms with Crippen LogP contribution in [0.1, 0.15) is 44.9 Å². The molecule has 0 fully saturated rings. The molecule has 0 aliphatic rings. The second-order valence-corrected chi connectivity index (χ2v) is 3.30. The molecule has 1 aromatic rings. The number of ketones is 2. The lowest BCUT2D eigenvalue weighted by Gasteiger charge is -2.08. The van der Waals surface area contributed by atoms with Gasteiger partial charge in [0, 0.05) is 5.56 Å². The second kappa shape index (κ2) is 4.14. The maximum atomic E-state index is 11.3. The highest BCUT2D eigenvalue weighted by atomic mass is 16.4. The first-order chi connectivity index (χ1) is 7.36. The van der Waals surface area contributed by atoms with E-state index in [9.17, 15) is 19.5 Å². The lowest BCUT2D eigenvalue weighted by Crippen LogP contribution is -2.08. The summed E-state index contributed by atoms with van der Waals surface area (Å²) < 4.78 is 0. The predicted molar refractivity (Wildman–Crippen MR) is 55.1 cm³/mol. The van der Waals surface area contributed by atoms with E-state index < -0.39 is 28.8 Å². The van der Waals surface area contributed by atoms with Crippen LogP contribution < -0.4 is 0 Å². The van der Waals surface area contributed by atoms with Crippen molar-refractivity contribution in [2.24, 2.45) is 0 Å². The summed E-state index contributed by atoms with van der Waals surface area (Å²) >= 11 is 0. The third kappa shape index (κ3) is 1.93. The highest BCUT2D eigenvalue weighted by molar-refractivity contribution is 6.11. The van der Waals surface area contributed by atoms with Gasteiger partial charge in [-0.1, -0.05) is 0 Å². The fourth-order valence-corrected chi connectivity index (χ4v) is 1.41. The summed E-state index contributed by atoms with van der Waals surface area (Å²) in [5.41, 5.74) is -0.613. The average Bonchev–Trinajstić information content (AvgIpc) is 2.15. The van der Waals surface area contributed by atoms with E-state index in [0.29, 0.717) is 0 Å². The minimum Gasteiger partial charge on any atom is -0.506 e. The number of carbonyl (C=O) groups is 3. The van der Waals surface area contributed by atoms with E-state index in [-0.39, 0.29) is 11.1 Å². The number of aromatic carboxylic acids is 1. The van der Waals surface area contributed by atoms with Gasteiger partial charge in [-0.3, -0.25) is 9.59 Å². The van der Waals surface area contributed by atoms with Gasteiger partial charge in [0.15, 0.2) is 11.6 Å². The minimum absolute atomic E-state index is 0.0231. The summed E-state index contributed by atoms with van der Waals surface area (Å²) in [5, 5.41) is 18.4. The molecular formula is C11H10O5. The number of rotatable bonds is 3. The largest absolute Gasteiger partial charge is 0.506 e. The Labute approximate surface area is 91.3 Å². The van der Waals surface area contributed by atoms with Crippen LogP contribution in [0.3, 0.4) is 0 Å². The highest BCUT2D eigenvalue weighted by Crippen LogP contribution is 2.27. The standard InChI is InChI=1S/C11H10O5/c1-5(12)7-3-4-8(11(15)16)10(14)9(7)6(2)13/h3-4,14H,1-2H3,(H,15,16). The van der Waals surface area contributed by atoms with Crippen LogP contribution in [0.25, 0.3) is 0 Å². The fourth-order valence-electron chi connectivity index (χ4n) is 1.41. The van der Waals surface area contributed by atoms with Crippen molar-refractivity contribution in [1.29, 1.82) is 0 Å². The summed E-state index contributed by atoms with van der Waals surface area (Å²) in [4.78, 5) is 33.2. The van der Waals surface area contributed by atoms with Crippen molar-refractivity contribution in [2.45, 2.75) is 13.8 Å². The molecule has 0 aromatic heterocycles. The molecule has 0 bridgehead atoms. The molecule has 0 atom stereocenters. The van der Waals surface area contributed by atoms with E-state index in [2.05, 4.69) is 0 Å². The Bertz CT molecular complexity index is 487. The Morgan fingerprint density at radius 3 is 1.88 bits per heavy atom. The zero-order valence-corrected chi connectivity index (χ0v) is 8.77. The van der Waals surface area contributed by atoms with Gasteiger partial charge in [0.25, 0.3) is 0 Å². The number of carboxylic acid groups (broad SMARTS) is 1. The third-order valence-corrected chi connectivity index (χ3v) is 2.14. The molecule has 0 unspecified atom stereocenters. The van der Waals surface area contributed by atoms with Gasteiger partial charge in [-0.15, -0.1) is 0 Å². The van der Waals surface area contributed by atoms with Crippen LogP contribution in [-0.2, 0) is 0 Å². The normalized spacial score (nSPS) is 9.88. The summed E-state index contributed by atoms with van der Waals surface area (Å²) in [6.45, 7) is 2.40. The van der Waals surface area contributed by atoms with Gasteiger partial charge in [0.05, 0.1) is 5.56 Å².